The van der Waals surface area contributed by atoms with E-state index in [1.54, 1.807) is 19.2 Å². The van der Waals surface area contributed by atoms with Crippen LogP contribution in [0.5, 0.6) is 0 Å². The van der Waals surface area contributed by atoms with E-state index in [0.717, 1.165) is 0 Å². The van der Waals surface area contributed by atoms with Gasteiger partial charge in [-0.05, 0) is 45.0 Å². The molecule has 0 aliphatic heterocycles. The Labute approximate surface area is 112 Å². The van der Waals surface area contributed by atoms with Gasteiger partial charge in [0.1, 0.15) is 6.61 Å². The molecule has 0 saturated carbocycles. The number of hydrogen-bond acceptors (Lipinski definition) is 3. The van der Waals surface area contributed by atoms with E-state index in [1.807, 2.05) is 20.8 Å². The van der Waals surface area contributed by atoms with Crippen molar-refractivity contribution in [3.05, 3.63) is 29.8 Å². The van der Waals surface area contributed by atoms with E-state index in [2.05, 4.69) is 0 Å². The highest BCUT2D eigenvalue weighted by Crippen LogP contribution is 2.15. The van der Waals surface area contributed by atoms with Gasteiger partial charge in [0, 0.05) is 12.7 Å². The van der Waals surface area contributed by atoms with E-state index in [-0.39, 0.29) is 23.7 Å². The van der Waals surface area contributed by atoms with Gasteiger partial charge in [0.15, 0.2) is 0 Å². The number of carbonyl (C=O) groups excluding carboxylic acids is 1. The zero-order valence-corrected chi connectivity index (χ0v) is 11.6. The standard InChI is InChI=1S/C14H19NO4/c1-14(2,3)19-9-12(16)15(4)11-7-5-10(6-8-11)13(17)18/h5-8H,9H2,1-4H3,(H,17,18). The van der Waals surface area contributed by atoms with Crippen LogP contribution in [0.15, 0.2) is 24.3 Å². The summed E-state index contributed by atoms with van der Waals surface area (Å²) in [6.07, 6.45) is 0. The maximum atomic E-state index is 11.9. The van der Waals surface area contributed by atoms with Crippen molar-refractivity contribution < 1.29 is 19.4 Å². The third-order valence-corrected chi connectivity index (χ3v) is 2.50. The van der Waals surface area contributed by atoms with Crippen molar-refractivity contribution in [2.24, 2.45) is 0 Å². The molecule has 1 N–H and O–H groups in total. The van der Waals surface area contributed by atoms with E-state index in [0.29, 0.717) is 5.69 Å². The summed E-state index contributed by atoms with van der Waals surface area (Å²) in [5.74, 6) is -1.17. The lowest BCUT2D eigenvalue weighted by molar-refractivity contribution is -0.127. The number of nitrogens with zero attached hydrogens (tertiary/aromatic N) is 1. The van der Waals surface area contributed by atoms with Gasteiger partial charge < -0.3 is 14.7 Å². The number of amides is 1. The quantitative estimate of drug-likeness (QED) is 0.906. The fourth-order valence-corrected chi connectivity index (χ4v) is 1.35. The Morgan fingerprint density at radius 2 is 1.74 bits per heavy atom. The molecule has 0 unspecified atom stereocenters. The third kappa shape index (κ3) is 4.71. The Morgan fingerprint density at radius 1 is 1.21 bits per heavy atom. The van der Waals surface area contributed by atoms with Gasteiger partial charge in [0.25, 0.3) is 5.91 Å². The van der Waals surface area contributed by atoms with E-state index in [9.17, 15) is 9.59 Å². The van der Waals surface area contributed by atoms with Crippen molar-refractivity contribution in [3.8, 4) is 0 Å². The summed E-state index contributed by atoms with van der Waals surface area (Å²) < 4.78 is 5.41. The fraction of sp³-hybridized carbons (Fsp3) is 0.429. The molecule has 1 aromatic carbocycles. The van der Waals surface area contributed by atoms with E-state index >= 15 is 0 Å². The highest BCUT2D eigenvalue weighted by atomic mass is 16.5. The monoisotopic (exact) mass is 265 g/mol. The summed E-state index contributed by atoms with van der Waals surface area (Å²) in [4.78, 5) is 24.1. The molecule has 5 heteroatoms. The van der Waals surface area contributed by atoms with Crippen LogP contribution in [0.25, 0.3) is 0 Å². The van der Waals surface area contributed by atoms with Crippen LogP contribution >= 0.6 is 0 Å². The maximum Gasteiger partial charge on any atom is 0.335 e. The molecule has 5 nitrogen and oxygen atoms in total. The number of carboxylic acid groups (broad SMARTS) is 1. The van der Waals surface area contributed by atoms with Gasteiger partial charge in [-0.25, -0.2) is 4.79 Å². The van der Waals surface area contributed by atoms with Crippen LogP contribution in [-0.4, -0.2) is 36.2 Å². The minimum absolute atomic E-state index is 0.0132. The van der Waals surface area contributed by atoms with Gasteiger partial charge >= 0.3 is 5.97 Å². The van der Waals surface area contributed by atoms with Crippen molar-refractivity contribution in [1.29, 1.82) is 0 Å². The Bertz CT molecular complexity index is 459. The SMILES string of the molecule is CN(C(=O)COC(C)(C)C)c1ccc(C(=O)O)cc1. The van der Waals surface area contributed by atoms with Crippen LogP contribution in [0, 0.1) is 0 Å². The van der Waals surface area contributed by atoms with Crippen molar-refractivity contribution in [1.82, 2.24) is 0 Å². The van der Waals surface area contributed by atoms with Crippen LogP contribution in [0.2, 0.25) is 0 Å². The second-order valence-electron chi connectivity index (χ2n) is 5.21. The first-order chi connectivity index (χ1) is 8.70. The van der Waals surface area contributed by atoms with Crippen molar-refractivity contribution in [3.63, 3.8) is 0 Å². The molecule has 0 spiro atoms. The lowest BCUT2D eigenvalue weighted by Crippen LogP contribution is -2.33. The molecular formula is C14H19NO4. The molecule has 1 aromatic rings. The molecule has 0 saturated heterocycles. The molecule has 104 valence electrons. The minimum atomic E-state index is -0.989. The van der Waals surface area contributed by atoms with Gasteiger partial charge in [-0.1, -0.05) is 0 Å². The van der Waals surface area contributed by atoms with Crippen molar-refractivity contribution >= 4 is 17.6 Å². The highest BCUT2D eigenvalue weighted by Gasteiger charge is 2.16. The topological polar surface area (TPSA) is 66.8 Å². The van der Waals surface area contributed by atoms with Crippen LogP contribution in [0.1, 0.15) is 31.1 Å². The average Bonchev–Trinajstić information content (AvgIpc) is 2.34. The summed E-state index contributed by atoms with van der Waals surface area (Å²) in [6, 6.07) is 6.12. The number of carboxylic acids is 1. The maximum absolute atomic E-state index is 11.9. The normalized spacial score (nSPS) is 11.2. The number of ether oxygens (including phenoxy) is 1. The first kappa shape index (κ1) is 15.2. The summed E-state index contributed by atoms with van der Waals surface area (Å²) in [5.41, 5.74) is 0.451. The number of likely N-dealkylation sites (N-methyl/N-ethyl adjacent to an activating group) is 1. The molecule has 0 bridgehead atoms. The molecule has 1 amide bonds. The first-order valence-electron chi connectivity index (χ1n) is 5.94. The number of rotatable bonds is 4. The predicted octanol–water partition coefficient (Wildman–Crippen LogP) is 2.16. The molecular weight excluding hydrogens is 246 g/mol. The summed E-state index contributed by atoms with van der Waals surface area (Å²) in [7, 11) is 1.63. The van der Waals surface area contributed by atoms with Gasteiger partial charge in [0.2, 0.25) is 0 Å². The molecule has 0 aliphatic carbocycles. The summed E-state index contributed by atoms with van der Waals surface area (Å²) in [5, 5.41) is 8.80. The Balaban J connectivity index is 2.69. The molecule has 19 heavy (non-hydrogen) atoms. The van der Waals surface area contributed by atoms with Crippen LogP contribution in [-0.2, 0) is 9.53 Å². The lowest BCUT2D eigenvalue weighted by atomic mass is 10.2. The number of anilines is 1. The lowest BCUT2D eigenvalue weighted by Gasteiger charge is -2.22. The fourth-order valence-electron chi connectivity index (χ4n) is 1.35. The second-order valence-corrected chi connectivity index (χ2v) is 5.21. The molecule has 0 radical (unpaired) electrons. The molecule has 0 fully saturated rings. The Hall–Kier alpha value is -1.88. The Kier molecular flexibility index (Phi) is 4.67. The smallest absolute Gasteiger partial charge is 0.335 e. The van der Waals surface area contributed by atoms with E-state index in [1.165, 1.54) is 17.0 Å². The van der Waals surface area contributed by atoms with Crippen LogP contribution < -0.4 is 4.90 Å². The zero-order chi connectivity index (χ0) is 14.6. The largest absolute Gasteiger partial charge is 0.478 e. The van der Waals surface area contributed by atoms with Gasteiger partial charge in [-0.15, -0.1) is 0 Å². The summed E-state index contributed by atoms with van der Waals surface area (Å²) in [6.45, 7) is 5.62. The molecule has 0 aliphatic rings. The van der Waals surface area contributed by atoms with Crippen LogP contribution in [0.4, 0.5) is 5.69 Å². The third-order valence-electron chi connectivity index (χ3n) is 2.50. The van der Waals surface area contributed by atoms with E-state index in [4.69, 9.17) is 9.84 Å². The first-order valence-corrected chi connectivity index (χ1v) is 5.94. The number of carbonyl (C=O) groups is 2. The second kappa shape index (κ2) is 5.84. The predicted molar refractivity (Wildman–Crippen MR) is 72.5 cm³/mol. The van der Waals surface area contributed by atoms with Gasteiger partial charge in [-0.2, -0.15) is 0 Å². The van der Waals surface area contributed by atoms with Crippen LogP contribution in [0.3, 0.4) is 0 Å². The highest BCUT2D eigenvalue weighted by molar-refractivity contribution is 5.94. The zero-order valence-electron chi connectivity index (χ0n) is 11.6. The number of benzene rings is 1. The minimum Gasteiger partial charge on any atom is -0.478 e. The van der Waals surface area contributed by atoms with Gasteiger partial charge in [0.05, 0.1) is 11.2 Å². The molecule has 0 atom stereocenters. The van der Waals surface area contributed by atoms with Crippen molar-refractivity contribution in [2.45, 2.75) is 26.4 Å². The average molecular weight is 265 g/mol. The molecule has 0 heterocycles. The van der Waals surface area contributed by atoms with Crippen molar-refractivity contribution in [2.75, 3.05) is 18.6 Å². The van der Waals surface area contributed by atoms with Gasteiger partial charge in [-0.3, -0.25) is 4.79 Å². The molecule has 0 aromatic heterocycles. The Morgan fingerprint density at radius 3 is 2.16 bits per heavy atom. The summed E-state index contributed by atoms with van der Waals surface area (Å²) >= 11 is 0. The number of aromatic carboxylic acids is 1. The molecule has 1 rings (SSSR count). The number of hydrogen-bond donors (Lipinski definition) is 1. The van der Waals surface area contributed by atoms with E-state index < -0.39 is 5.97 Å².